The van der Waals surface area contributed by atoms with Gasteiger partial charge in [-0.25, -0.2) is 9.78 Å². The number of nitrogens with one attached hydrogen (secondary N) is 1. The van der Waals surface area contributed by atoms with Gasteiger partial charge in [-0.15, -0.1) is 11.3 Å². The molecule has 2 rings (SSSR count). The average molecular weight is 278 g/mol. The molecule has 19 heavy (non-hydrogen) atoms. The molecule has 0 saturated carbocycles. The molecule has 0 fully saturated rings. The van der Waals surface area contributed by atoms with E-state index in [0.717, 1.165) is 11.3 Å². The van der Waals surface area contributed by atoms with E-state index in [0.29, 0.717) is 5.01 Å². The van der Waals surface area contributed by atoms with Gasteiger partial charge in [-0.05, 0) is 12.1 Å². The van der Waals surface area contributed by atoms with E-state index in [4.69, 9.17) is 5.11 Å². The van der Waals surface area contributed by atoms with Gasteiger partial charge in [0.15, 0.2) is 5.69 Å². The van der Waals surface area contributed by atoms with Crippen LogP contribution in [0.1, 0.15) is 25.9 Å². The first-order valence-corrected chi connectivity index (χ1v) is 6.20. The molecular formula is C12H10N2O4S. The van der Waals surface area contributed by atoms with Crippen LogP contribution in [0.15, 0.2) is 29.6 Å². The summed E-state index contributed by atoms with van der Waals surface area (Å²) in [6.07, 6.45) is 0. The maximum atomic E-state index is 11.8. The van der Waals surface area contributed by atoms with Crippen molar-refractivity contribution in [2.45, 2.75) is 6.54 Å². The Morgan fingerprint density at radius 3 is 2.68 bits per heavy atom. The van der Waals surface area contributed by atoms with Crippen LogP contribution in [0.4, 0.5) is 0 Å². The molecule has 0 bridgehead atoms. The van der Waals surface area contributed by atoms with Crippen LogP contribution in [-0.2, 0) is 6.54 Å². The van der Waals surface area contributed by atoms with Gasteiger partial charge in [0.1, 0.15) is 10.8 Å². The van der Waals surface area contributed by atoms with Crippen LogP contribution in [0.2, 0.25) is 0 Å². The zero-order valence-corrected chi connectivity index (χ0v) is 10.5. The van der Waals surface area contributed by atoms with Crippen molar-refractivity contribution in [1.82, 2.24) is 10.3 Å². The molecule has 0 aliphatic rings. The number of aromatic nitrogens is 1. The van der Waals surface area contributed by atoms with Gasteiger partial charge in [0.05, 0.1) is 12.1 Å². The molecule has 98 valence electrons. The van der Waals surface area contributed by atoms with Crippen molar-refractivity contribution < 1.29 is 19.8 Å². The van der Waals surface area contributed by atoms with E-state index in [1.165, 1.54) is 17.5 Å². The van der Waals surface area contributed by atoms with Crippen LogP contribution in [0.25, 0.3) is 0 Å². The van der Waals surface area contributed by atoms with Crippen molar-refractivity contribution in [2.24, 2.45) is 0 Å². The minimum atomic E-state index is -1.10. The highest BCUT2D eigenvalue weighted by Gasteiger charge is 2.12. The highest BCUT2D eigenvalue weighted by Crippen LogP contribution is 2.15. The lowest BCUT2D eigenvalue weighted by Crippen LogP contribution is -2.22. The lowest BCUT2D eigenvalue weighted by Gasteiger charge is -2.04. The summed E-state index contributed by atoms with van der Waals surface area (Å²) in [6.45, 7) is 0.116. The average Bonchev–Trinajstić information content (AvgIpc) is 2.85. The maximum Gasteiger partial charge on any atom is 0.355 e. The smallest absolute Gasteiger partial charge is 0.355 e. The van der Waals surface area contributed by atoms with Gasteiger partial charge < -0.3 is 15.5 Å². The zero-order chi connectivity index (χ0) is 13.8. The third-order valence-electron chi connectivity index (χ3n) is 2.32. The van der Waals surface area contributed by atoms with Crippen molar-refractivity contribution in [3.05, 3.63) is 45.9 Å². The molecule has 1 aromatic carbocycles. The van der Waals surface area contributed by atoms with Crippen LogP contribution >= 0.6 is 11.3 Å². The van der Waals surface area contributed by atoms with Gasteiger partial charge >= 0.3 is 5.97 Å². The predicted molar refractivity (Wildman–Crippen MR) is 68.4 cm³/mol. The number of carboxylic acid groups (broad SMARTS) is 1. The summed E-state index contributed by atoms with van der Waals surface area (Å²) < 4.78 is 0. The Morgan fingerprint density at radius 2 is 2.05 bits per heavy atom. The molecule has 7 heteroatoms. The number of thiazole rings is 1. The molecule has 0 unspecified atom stereocenters. The number of hydrogen-bond donors (Lipinski definition) is 3. The van der Waals surface area contributed by atoms with Gasteiger partial charge in [-0.3, -0.25) is 4.79 Å². The highest BCUT2D eigenvalue weighted by molar-refractivity contribution is 7.09. The van der Waals surface area contributed by atoms with Crippen molar-refractivity contribution >= 4 is 23.2 Å². The molecule has 0 aliphatic carbocycles. The largest absolute Gasteiger partial charge is 0.507 e. The van der Waals surface area contributed by atoms with Crippen LogP contribution in [0.3, 0.4) is 0 Å². The number of para-hydroxylation sites is 1. The number of aromatic hydroxyl groups is 1. The van der Waals surface area contributed by atoms with Gasteiger partial charge in [-0.1, -0.05) is 12.1 Å². The van der Waals surface area contributed by atoms with Crippen molar-refractivity contribution in [3.63, 3.8) is 0 Å². The van der Waals surface area contributed by atoms with Crippen molar-refractivity contribution in [2.75, 3.05) is 0 Å². The number of phenols is 1. The second-order valence-corrected chi connectivity index (χ2v) is 4.57. The lowest BCUT2D eigenvalue weighted by molar-refractivity contribution is 0.0691. The Bertz CT molecular complexity index is 624. The number of nitrogens with zero attached hydrogens (tertiary/aromatic N) is 1. The second kappa shape index (κ2) is 5.49. The second-order valence-electron chi connectivity index (χ2n) is 3.63. The van der Waals surface area contributed by atoms with Gasteiger partial charge in [0.25, 0.3) is 5.91 Å². The minimum absolute atomic E-state index is 0.0446. The number of rotatable bonds is 4. The molecule has 0 spiro atoms. The van der Waals surface area contributed by atoms with Crippen LogP contribution in [-0.4, -0.2) is 27.1 Å². The normalized spacial score (nSPS) is 10.1. The molecular weight excluding hydrogens is 268 g/mol. The lowest BCUT2D eigenvalue weighted by atomic mass is 10.2. The van der Waals surface area contributed by atoms with E-state index in [1.54, 1.807) is 12.1 Å². The van der Waals surface area contributed by atoms with E-state index >= 15 is 0 Å². The Balaban J connectivity index is 2.00. The molecule has 0 radical (unpaired) electrons. The summed E-state index contributed by atoms with van der Waals surface area (Å²) in [5.41, 5.74) is 0.120. The quantitative estimate of drug-likeness (QED) is 0.786. The third kappa shape index (κ3) is 3.08. The molecule has 3 N–H and O–H groups in total. The summed E-state index contributed by atoms with van der Waals surface area (Å²) in [6, 6.07) is 6.17. The van der Waals surface area contributed by atoms with E-state index < -0.39 is 11.9 Å². The number of carbonyl (C=O) groups excluding carboxylic acids is 1. The molecule has 1 amide bonds. The molecule has 6 nitrogen and oxygen atoms in total. The molecule has 1 heterocycles. The number of benzene rings is 1. The van der Waals surface area contributed by atoms with E-state index in [1.807, 2.05) is 0 Å². The standard InChI is InChI=1S/C12H10N2O4S/c15-9-4-2-1-3-7(9)11(16)13-5-10-14-8(6-19-10)12(17)18/h1-4,6,15H,5H2,(H,13,16)(H,17,18). The molecule has 0 saturated heterocycles. The molecule has 0 aliphatic heterocycles. The van der Waals surface area contributed by atoms with E-state index in [2.05, 4.69) is 10.3 Å². The van der Waals surface area contributed by atoms with Crippen LogP contribution in [0, 0.1) is 0 Å². The Morgan fingerprint density at radius 1 is 1.32 bits per heavy atom. The van der Waals surface area contributed by atoms with Crippen LogP contribution in [0.5, 0.6) is 5.75 Å². The summed E-state index contributed by atoms with van der Waals surface area (Å²) >= 11 is 1.15. The maximum absolute atomic E-state index is 11.8. The predicted octanol–water partition coefficient (Wildman–Crippen LogP) is 1.48. The van der Waals surface area contributed by atoms with Gasteiger partial charge in [-0.2, -0.15) is 0 Å². The first-order valence-electron chi connectivity index (χ1n) is 5.32. The Kier molecular flexibility index (Phi) is 3.76. The number of carbonyl (C=O) groups is 2. The van der Waals surface area contributed by atoms with E-state index in [9.17, 15) is 14.7 Å². The number of phenolic OH excluding ortho intramolecular Hbond substituents is 1. The van der Waals surface area contributed by atoms with Gasteiger partial charge in [0, 0.05) is 5.38 Å². The van der Waals surface area contributed by atoms with Crippen molar-refractivity contribution in [1.29, 1.82) is 0 Å². The summed E-state index contributed by atoms with van der Waals surface area (Å²) in [5.74, 6) is -1.65. The van der Waals surface area contributed by atoms with E-state index in [-0.39, 0.29) is 23.6 Å². The first kappa shape index (κ1) is 13.0. The van der Waals surface area contributed by atoms with Crippen molar-refractivity contribution in [3.8, 4) is 5.75 Å². The molecule has 1 aromatic heterocycles. The topological polar surface area (TPSA) is 99.5 Å². The SMILES string of the molecule is O=C(O)c1csc(CNC(=O)c2ccccc2O)n1. The molecule has 2 aromatic rings. The fraction of sp³-hybridized carbons (Fsp3) is 0.0833. The number of amides is 1. The number of hydrogen-bond acceptors (Lipinski definition) is 5. The monoisotopic (exact) mass is 278 g/mol. The third-order valence-corrected chi connectivity index (χ3v) is 3.17. The molecule has 0 atom stereocenters. The fourth-order valence-electron chi connectivity index (χ4n) is 1.41. The Hall–Kier alpha value is -2.41. The Labute approximate surface area is 112 Å². The van der Waals surface area contributed by atoms with Gasteiger partial charge in [0.2, 0.25) is 0 Å². The summed E-state index contributed by atoms with van der Waals surface area (Å²) in [5, 5.41) is 22.7. The minimum Gasteiger partial charge on any atom is -0.507 e. The van der Waals surface area contributed by atoms with Crippen LogP contribution < -0.4 is 5.32 Å². The number of carboxylic acids is 1. The summed E-state index contributed by atoms with van der Waals surface area (Å²) in [7, 11) is 0. The first-order chi connectivity index (χ1) is 9.08. The number of aromatic carboxylic acids is 1. The fourth-order valence-corrected chi connectivity index (χ4v) is 2.11. The highest BCUT2D eigenvalue weighted by atomic mass is 32.1. The zero-order valence-electron chi connectivity index (χ0n) is 9.66. The summed E-state index contributed by atoms with van der Waals surface area (Å²) in [4.78, 5) is 26.3.